The lowest BCUT2D eigenvalue weighted by molar-refractivity contribution is -0.237. The molecule has 2 aromatic carbocycles. The van der Waals surface area contributed by atoms with E-state index in [4.69, 9.17) is 24.7 Å². The number of ether oxygens (including phenoxy) is 4. The van der Waals surface area contributed by atoms with E-state index >= 15 is 4.39 Å². The third-order valence-electron chi connectivity index (χ3n) is 7.35. The van der Waals surface area contributed by atoms with Gasteiger partial charge in [-0.3, -0.25) is 0 Å². The summed E-state index contributed by atoms with van der Waals surface area (Å²) in [5, 5.41) is 0.639. The molecule has 2 saturated heterocycles. The molecule has 2 aliphatic heterocycles. The predicted molar refractivity (Wildman–Crippen MR) is 125 cm³/mol. The lowest BCUT2D eigenvalue weighted by Gasteiger charge is -2.34. The zero-order valence-electron chi connectivity index (χ0n) is 19.6. The van der Waals surface area contributed by atoms with Crippen LogP contribution in [-0.2, 0) is 32.0 Å². The summed E-state index contributed by atoms with van der Waals surface area (Å²) in [7, 11) is 0. The number of benzene rings is 2. The van der Waals surface area contributed by atoms with Crippen LogP contribution in [0.1, 0.15) is 31.4 Å². The van der Waals surface area contributed by atoms with Gasteiger partial charge >= 0.3 is 0 Å². The Morgan fingerprint density at radius 2 is 1.86 bits per heavy atom. The number of hydrogen-bond donors (Lipinski definition) is 1. The maximum absolute atomic E-state index is 15.7. The SMILES string of the molecule is CC1(C)O[C@H]2O[C@@H]3[C@H](Cc4ccc5cc(F)c(N)nc5c4)[C@@H](F)C[C@]3(OCc3ccccc3)[C@H]2O1. The van der Waals surface area contributed by atoms with Crippen molar-refractivity contribution in [1.29, 1.82) is 0 Å². The number of fused-ring (bicyclic) bond motifs is 4. The number of halogens is 2. The number of anilines is 1. The third-order valence-corrected chi connectivity index (χ3v) is 7.35. The number of pyridine rings is 1. The molecule has 6 rings (SSSR count). The third kappa shape index (κ3) is 3.89. The molecule has 1 aliphatic carbocycles. The van der Waals surface area contributed by atoms with Crippen molar-refractivity contribution in [2.24, 2.45) is 5.92 Å². The van der Waals surface area contributed by atoms with Gasteiger partial charge in [0.05, 0.1) is 18.2 Å². The lowest BCUT2D eigenvalue weighted by Crippen LogP contribution is -2.49. The molecule has 3 aliphatic rings. The first kappa shape index (κ1) is 22.8. The smallest absolute Gasteiger partial charge is 0.190 e. The first-order valence-electron chi connectivity index (χ1n) is 11.9. The highest BCUT2D eigenvalue weighted by atomic mass is 19.1. The molecule has 8 heteroatoms. The molecule has 1 aromatic heterocycles. The fourth-order valence-electron chi connectivity index (χ4n) is 5.77. The number of aromatic nitrogens is 1. The van der Waals surface area contributed by atoms with Crippen molar-refractivity contribution in [3.05, 3.63) is 71.5 Å². The molecule has 0 unspecified atom stereocenters. The van der Waals surface area contributed by atoms with Gasteiger partial charge in [-0.15, -0.1) is 0 Å². The molecule has 35 heavy (non-hydrogen) atoms. The van der Waals surface area contributed by atoms with Gasteiger partial charge in [-0.25, -0.2) is 13.8 Å². The van der Waals surface area contributed by atoms with Gasteiger partial charge in [0.25, 0.3) is 0 Å². The van der Waals surface area contributed by atoms with E-state index in [0.717, 1.165) is 11.1 Å². The highest BCUT2D eigenvalue weighted by Gasteiger charge is 2.70. The molecule has 1 saturated carbocycles. The van der Waals surface area contributed by atoms with Crippen LogP contribution in [0.4, 0.5) is 14.6 Å². The molecule has 3 heterocycles. The summed E-state index contributed by atoms with van der Waals surface area (Å²) in [5.41, 5.74) is 7.11. The predicted octanol–water partition coefficient (Wildman–Crippen LogP) is 4.69. The van der Waals surface area contributed by atoms with Crippen molar-refractivity contribution in [2.45, 2.75) is 69.4 Å². The molecular weight excluding hydrogens is 454 g/mol. The summed E-state index contributed by atoms with van der Waals surface area (Å²) in [4.78, 5) is 4.15. The van der Waals surface area contributed by atoms with Gasteiger partial charge in [-0.2, -0.15) is 0 Å². The van der Waals surface area contributed by atoms with Crippen LogP contribution in [0, 0.1) is 11.7 Å². The van der Waals surface area contributed by atoms with E-state index in [1.165, 1.54) is 6.07 Å². The van der Waals surface area contributed by atoms with E-state index in [2.05, 4.69) is 4.98 Å². The van der Waals surface area contributed by atoms with E-state index in [0.29, 0.717) is 23.9 Å². The first-order chi connectivity index (χ1) is 16.7. The summed E-state index contributed by atoms with van der Waals surface area (Å²) in [6.45, 7) is 3.97. The average Bonchev–Trinajstić information content (AvgIpc) is 3.37. The Kier molecular flexibility index (Phi) is 5.34. The molecule has 6 atom stereocenters. The van der Waals surface area contributed by atoms with E-state index < -0.39 is 47.8 Å². The zero-order chi connectivity index (χ0) is 24.4. The van der Waals surface area contributed by atoms with Crippen LogP contribution < -0.4 is 5.73 Å². The van der Waals surface area contributed by atoms with Crippen LogP contribution in [0.2, 0.25) is 0 Å². The summed E-state index contributed by atoms with van der Waals surface area (Å²) in [6, 6.07) is 16.6. The van der Waals surface area contributed by atoms with Crippen molar-refractivity contribution in [3.8, 4) is 0 Å². The van der Waals surface area contributed by atoms with Crippen molar-refractivity contribution in [3.63, 3.8) is 0 Å². The van der Waals surface area contributed by atoms with Crippen LogP contribution in [0.5, 0.6) is 0 Å². The second kappa shape index (κ2) is 8.20. The Balaban J connectivity index is 1.30. The number of rotatable bonds is 5. The Labute approximate surface area is 202 Å². The molecule has 0 spiro atoms. The summed E-state index contributed by atoms with van der Waals surface area (Å²) < 4.78 is 54.5. The Morgan fingerprint density at radius 3 is 2.66 bits per heavy atom. The largest absolute Gasteiger partial charge is 0.381 e. The molecule has 0 amide bonds. The minimum absolute atomic E-state index is 0.153. The van der Waals surface area contributed by atoms with Gasteiger partial charge in [0, 0.05) is 17.7 Å². The first-order valence-corrected chi connectivity index (χ1v) is 11.9. The van der Waals surface area contributed by atoms with Gasteiger partial charge in [0.2, 0.25) is 0 Å². The van der Waals surface area contributed by atoms with Crippen molar-refractivity contribution < 1.29 is 27.7 Å². The van der Waals surface area contributed by atoms with Crippen molar-refractivity contribution in [2.75, 3.05) is 5.73 Å². The van der Waals surface area contributed by atoms with Crippen LogP contribution in [0.25, 0.3) is 10.9 Å². The second-order valence-electron chi connectivity index (χ2n) is 10.2. The normalized spacial score (nSPS) is 33.2. The zero-order valence-corrected chi connectivity index (χ0v) is 19.6. The lowest BCUT2D eigenvalue weighted by atomic mass is 9.89. The number of nitrogen functional groups attached to an aromatic ring is 1. The molecule has 0 radical (unpaired) electrons. The molecule has 184 valence electrons. The standard InChI is InChI=1S/C27H28F2N2O4/c1-26(2)34-23-25(35-26)33-22-18(10-16-8-9-17-12-19(28)24(30)31-21(17)11-16)20(29)13-27(22,23)32-14-15-6-4-3-5-7-15/h3-9,11-12,18,20,22-23,25H,10,13-14H2,1-2H3,(H2,30,31)/t18-,20+,22-,23+,25-,27-/m1/s1. The maximum atomic E-state index is 15.7. The Bertz CT molecular complexity index is 1260. The topological polar surface area (TPSA) is 75.8 Å². The van der Waals surface area contributed by atoms with Crippen LogP contribution in [0.15, 0.2) is 54.6 Å². The quantitative estimate of drug-likeness (QED) is 0.569. The summed E-state index contributed by atoms with van der Waals surface area (Å²) >= 11 is 0. The molecule has 3 fully saturated rings. The monoisotopic (exact) mass is 482 g/mol. The average molecular weight is 483 g/mol. The summed E-state index contributed by atoms with van der Waals surface area (Å²) in [5.74, 6) is -2.02. The van der Waals surface area contributed by atoms with Gasteiger partial charge in [-0.1, -0.05) is 42.5 Å². The minimum Gasteiger partial charge on any atom is -0.381 e. The molecule has 6 nitrogen and oxygen atoms in total. The fraction of sp³-hybridized carbons (Fsp3) is 0.444. The van der Waals surface area contributed by atoms with E-state index in [1.54, 1.807) is 6.07 Å². The van der Waals surface area contributed by atoms with E-state index in [9.17, 15) is 4.39 Å². The number of alkyl halides is 1. The van der Waals surface area contributed by atoms with Crippen LogP contribution >= 0.6 is 0 Å². The highest BCUT2D eigenvalue weighted by molar-refractivity contribution is 5.80. The van der Waals surface area contributed by atoms with Crippen molar-refractivity contribution >= 4 is 16.7 Å². The molecular formula is C27H28F2N2O4. The Morgan fingerprint density at radius 1 is 1.06 bits per heavy atom. The molecule has 3 aromatic rings. The van der Waals surface area contributed by atoms with Gasteiger partial charge in [-0.05, 0) is 43.5 Å². The van der Waals surface area contributed by atoms with Gasteiger partial charge in [0.1, 0.15) is 17.9 Å². The number of nitrogens with two attached hydrogens (primary N) is 1. The van der Waals surface area contributed by atoms with E-state index in [-0.39, 0.29) is 12.2 Å². The summed E-state index contributed by atoms with van der Waals surface area (Å²) in [6.07, 6.45) is -2.31. The van der Waals surface area contributed by atoms with Crippen LogP contribution in [-0.4, -0.2) is 41.0 Å². The number of hydrogen-bond acceptors (Lipinski definition) is 6. The second-order valence-corrected chi connectivity index (χ2v) is 10.2. The molecule has 0 bridgehead atoms. The minimum atomic E-state index is -1.16. The van der Waals surface area contributed by atoms with Crippen LogP contribution in [0.3, 0.4) is 0 Å². The van der Waals surface area contributed by atoms with E-state index in [1.807, 2.05) is 56.3 Å². The molecule has 2 N–H and O–H groups in total. The van der Waals surface area contributed by atoms with Gasteiger partial charge < -0.3 is 24.7 Å². The highest BCUT2D eigenvalue weighted by Crippen LogP contribution is 2.55. The fourth-order valence-corrected chi connectivity index (χ4v) is 5.77. The van der Waals surface area contributed by atoms with Crippen molar-refractivity contribution in [1.82, 2.24) is 4.98 Å². The van der Waals surface area contributed by atoms with Gasteiger partial charge in [0.15, 0.2) is 23.7 Å². The number of nitrogens with zero attached hydrogens (tertiary/aromatic N) is 1. The maximum Gasteiger partial charge on any atom is 0.190 e. The Hall–Kier alpha value is -2.65.